The van der Waals surface area contributed by atoms with Crippen molar-refractivity contribution in [2.24, 2.45) is 5.73 Å². The smallest absolute Gasteiger partial charge is 0.407 e. The Bertz CT molecular complexity index is 441. The van der Waals surface area contributed by atoms with Crippen molar-refractivity contribution in [3.05, 3.63) is 49.1 Å². The number of carbonyl (C=O) groups is 2. The molecule has 6 nitrogen and oxygen atoms in total. The molecule has 122 valence electrons. The molecular weight excluding hydrogens is 284 g/mol. The number of alkyl carbamates (subject to hydrolysis) is 1. The summed E-state index contributed by atoms with van der Waals surface area (Å²) in [5, 5.41) is 11.2. The Labute approximate surface area is 131 Å². The van der Waals surface area contributed by atoms with E-state index in [1.165, 1.54) is 0 Å². The molecule has 4 N–H and O–H groups in total. The van der Waals surface area contributed by atoms with Crippen LogP contribution < -0.4 is 11.1 Å². The minimum absolute atomic E-state index is 0.126. The first-order valence-electron chi connectivity index (χ1n) is 7.01. The molecule has 0 saturated carbocycles. The average molecular weight is 308 g/mol. The van der Waals surface area contributed by atoms with Crippen molar-refractivity contribution >= 4 is 12.1 Å². The molecule has 6 heteroatoms. The third-order valence-corrected chi connectivity index (χ3v) is 2.72. The van der Waals surface area contributed by atoms with Crippen LogP contribution in [0.2, 0.25) is 0 Å². The number of nitrogens with one attached hydrogen (secondary N) is 1. The van der Waals surface area contributed by atoms with Crippen molar-refractivity contribution in [3.8, 4) is 0 Å². The molecule has 0 aromatic heterocycles. The second-order valence-corrected chi connectivity index (χ2v) is 4.51. The largest absolute Gasteiger partial charge is 0.480 e. The zero-order valence-electron chi connectivity index (χ0n) is 12.7. The van der Waals surface area contributed by atoms with Gasteiger partial charge in [-0.15, -0.1) is 0 Å². The van der Waals surface area contributed by atoms with E-state index in [0.29, 0.717) is 25.8 Å². The zero-order valence-corrected chi connectivity index (χ0v) is 12.7. The van der Waals surface area contributed by atoms with Gasteiger partial charge in [-0.25, -0.2) is 4.79 Å². The maximum Gasteiger partial charge on any atom is 0.407 e. The van der Waals surface area contributed by atoms with Crippen molar-refractivity contribution in [3.63, 3.8) is 0 Å². The van der Waals surface area contributed by atoms with Crippen LogP contribution in [0.1, 0.15) is 19.3 Å². The number of ether oxygens (including phenoxy) is 1. The van der Waals surface area contributed by atoms with Crippen LogP contribution in [0.3, 0.4) is 0 Å². The number of carboxylic acid groups (broad SMARTS) is 1. The number of aliphatic carboxylic acids is 1. The summed E-state index contributed by atoms with van der Waals surface area (Å²) in [6.45, 7) is 7.72. The third kappa shape index (κ3) is 10.4. The number of carboxylic acids is 1. The summed E-state index contributed by atoms with van der Waals surface area (Å²) in [4.78, 5) is 22.0. The molecule has 0 aliphatic carbocycles. The van der Waals surface area contributed by atoms with Gasteiger partial charge < -0.3 is 20.9 Å². The second-order valence-electron chi connectivity index (χ2n) is 4.51. The Hall–Kier alpha value is -2.34. The van der Waals surface area contributed by atoms with Crippen LogP contribution >= 0.6 is 0 Å². The van der Waals surface area contributed by atoms with Crippen molar-refractivity contribution in [1.82, 2.24) is 5.32 Å². The lowest BCUT2D eigenvalue weighted by atomic mass is 10.1. The first-order chi connectivity index (χ1) is 10.5. The molecule has 0 bridgehead atoms. The molecule has 0 aliphatic heterocycles. The standard InChI is InChI=1S/C16H24N2O4/c1-3-5-6-9-13(4-2)12-22-16(21)18-11-8-7-10-14(17)15(19)20/h3-6,9,14H,1-2,7-8,10-12,17H2,(H,18,21)(H,19,20)/b6-5-,13-9+/t14-/m0/s1. The number of hydrogen-bond acceptors (Lipinski definition) is 4. The second kappa shape index (κ2) is 12.4. The molecule has 1 amide bonds. The number of amides is 1. The molecule has 0 aromatic rings. The molecule has 0 saturated heterocycles. The van der Waals surface area contributed by atoms with Crippen LogP contribution in [-0.4, -0.2) is 36.4 Å². The van der Waals surface area contributed by atoms with E-state index < -0.39 is 18.1 Å². The van der Waals surface area contributed by atoms with E-state index in [9.17, 15) is 9.59 Å². The van der Waals surface area contributed by atoms with Gasteiger partial charge in [-0.1, -0.05) is 43.5 Å². The van der Waals surface area contributed by atoms with Crippen LogP contribution in [0.5, 0.6) is 0 Å². The summed E-state index contributed by atoms with van der Waals surface area (Å²) in [5.41, 5.74) is 6.13. The highest BCUT2D eigenvalue weighted by molar-refractivity contribution is 5.72. The quantitative estimate of drug-likeness (QED) is 0.401. The van der Waals surface area contributed by atoms with Gasteiger partial charge in [-0.2, -0.15) is 0 Å². The fourth-order valence-corrected chi connectivity index (χ4v) is 1.44. The number of unbranched alkanes of at least 4 members (excludes halogenated alkanes) is 1. The first kappa shape index (κ1) is 19.7. The lowest BCUT2D eigenvalue weighted by Gasteiger charge is -2.08. The normalized spacial score (nSPS) is 12.7. The van der Waals surface area contributed by atoms with Crippen molar-refractivity contribution in [2.45, 2.75) is 25.3 Å². The minimum atomic E-state index is -1.01. The predicted octanol–water partition coefficient (Wildman–Crippen LogP) is 2.15. The van der Waals surface area contributed by atoms with Crippen LogP contribution in [0.4, 0.5) is 4.79 Å². The van der Waals surface area contributed by atoms with Gasteiger partial charge in [-0.05, 0) is 24.8 Å². The highest BCUT2D eigenvalue weighted by Crippen LogP contribution is 2.00. The Morgan fingerprint density at radius 1 is 1.27 bits per heavy atom. The molecule has 22 heavy (non-hydrogen) atoms. The molecule has 0 aromatic carbocycles. The molecule has 0 heterocycles. The minimum Gasteiger partial charge on any atom is -0.480 e. The summed E-state index contributed by atoms with van der Waals surface area (Å²) >= 11 is 0. The number of rotatable bonds is 11. The fraction of sp³-hybridized carbons (Fsp3) is 0.375. The van der Waals surface area contributed by atoms with Gasteiger partial charge in [0, 0.05) is 6.54 Å². The summed E-state index contributed by atoms with van der Waals surface area (Å²) in [7, 11) is 0. The first-order valence-corrected chi connectivity index (χ1v) is 7.01. The van der Waals surface area contributed by atoms with Gasteiger partial charge in [0.15, 0.2) is 0 Å². The fourth-order valence-electron chi connectivity index (χ4n) is 1.44. The Morgan fingerprint density at radius 2 is 2.00 bits per heavy atom. The monoisotopic (exact) mass is 308 g/mol. The van der Waals surface area contributed by atoms with Gasteiger partial charge in [0.2, 0.25) is 0 Å². The van der Waals surface area contributed by atoms with Gasteiger partial charge in [0.25, 0.3) is 0 Å². The van der Waals surface area contributed by atoms with Crippen LogP contribution in [0.15, 0.2) is 49.1 Å². The molecule has 0 aliphatic rings. The van der Waals surface area contributed by atoms with Crippen LogP contribution in [-0.2, 0) is 9.53 Å². The summed E-state index contributed by atoms with van der Waals surface area (Å²) in [6.07, 6.45) is 9.67. The molecule has 0 rings (SSSR count). The van der Waals surface area contributed by atoms with Crippen LogP contribution in [0.25, 0.3) is 0 Å². The Morgan fingerprint density at radius 3 is 2.59 bits per heavy atom. The predicted molar refractivity (Wildman–Crippen MR) is 86.4 cm³/mol. The molecular formula is C16H24N2O4. The van der Waals surface area contributed by atoms with Gasteiger partial charge in [-0.3, -0.25) is 4.79 Å². The van der Waals surface area contributed by atoms with E-state index in [-0.39, 0.29) is 6.61 Å². The molecule has 0 unspecified atom stereocenters. The van der Waals surface area contributed by atoms with E-state index in [1.54, 1.807) is 30.4 Å². The van der Waals surface area contributed by atoms with Gasteiger partial charge >= 0.3 is 12.1 Å². The van der Waals surface area contributed by atoms with Crippen molar-refractivity contribution < 1.29 is 19.4 Å². The van der Waals surface area contributed by atoms with E-state index in [0.717, 1.165) is 5.57 Å². The highest BCUT2D eigenvalue weighted by atomic mass is 16.5. The third-order valence-electron chi connectivity index (χ3n) is 2.72. The maximum absolute atomic E-state index is 11.5. The van der Waals surface area contributed by atoms with Crippen molar-refractivity contribution in [2.75, 3.05) is 13.2 Å². The maximum atomic E-state index is 11.5. The van der Waals surface area contributed by atoms with E-state index >= 15 is 0 Å². The number of carbonyl (C=O) groups excluding carboxylic acids is 1. The van der Waals surface area contributed by atoms with E-state index in [4.69, 9.17) is 15.6 Å². The van der Waals surface area contributed by atoms with Crippen LogP contribution in [0, 0.1) is 0 Å². The topological polar surface area (TPSA) is 102 Å². The molecule has 0 spiro atoms. The van der Waals surface area contributed by atoms with Gasteiger partial charge in [0.05, 0.1) is 0 Å². The van der Waals surface area contributed by atoms with Crippen molar-refractivity contribution in [1.29, 1.82) is 0 Å². The summed E-state index contributed by atoms with van der Waals surface area (Å²) < 4.78 is 5.02. The Kier molecular flexibility index (Phi) is 11.1. The average Bonchev–Trinajstić information content (AvgIpc) is 2.50. The zero-order chi connectivity index (χ0) is 16.8. The number of allylic oxidation sites excluding steroid dienone is 4. The van der Waals surface area contributed by atoms with E-state index in [1.807, 2.05) is 0 Å². The molecule has 0 fully saturated rings. The van der Waals surface area contributed by atoms with E-state index in [2.05, 4.69) is 18.5 Å². The summed E-state index contributed by atoms with van der Waals surface area (Å²) in [6, 6.07) is -0.851. The Balaban J connectivity index is 3.83. The lowest BCUT2D eigenvalue weighted by molar-refractivity contribution is -0.138. The molecule has 0 radical (unpaired) electrons. The van der Waals surface area contributed by atoms with Gasteiger partial charge in [0.1, 0.15) is 12.6 Å². The summed E-state index contributed by atoms with van der Waals surface area (Å²) in [5.74, 6) is -1.01. The SMILES string of the molecule is C=C/C=C\C=C(/C=C)COC(=O)NCCCC[C@H](N)C(=O)O. The number of hydrogen-bond donors (Lipinski definition) is 3. The highest BCUT2D eigenvalue weighted by Gasteiger charge is 2.10. The molecule has 1 atom stereocenters. The lowest BCUT2D eigenvalue weighted by Crippen LogP contribution is -2.30. The number of nitrogens with two attached hydrogens (primary N) is 1.